The van der Waals surface area contributed by atoms with Gasteiger partial charge in [-0.25, -0.2) is 0 Å². The number of carbonyl (C=O) groups excluding carboxylic acids is 2. The highest BCUT2D eigenvalue weighted by molar-refractivity contribution is 6.02. The molecule has 0 N–H and O–H groups in total. The maximum atomic E-state index is 11.7. The average Bonchev–Trinajstić information content (AvgIpc) is 2.92. The lowest BCUT2D eigenvalue weighted by Gasteiger charge is -2.13. The fraction of sp³-hybridized carbons (Fsp3) is 0.467. The number of hydrogen-bond acceptors (Lipinski definition) is 4. The van der Waals surface area contributed by atoms with Crippen molar-refractivity contribution in [1.29, 1.82) is 0 Å². The van der Waals surface area contributed by atoms with Gasteiger partial charge in [0.15, 0.2) is 5.78 Å². The minimum absolute atomic E-state index is 0.0711. The zero-order valence-corrected chi connectivity index (χ0v) is 11.1. The van der Waals surface area contributed by atoms with Crippen LogP contribution in [0.3, 0.4) is 0 Å². The van der Waals surface area contributed by atoms with Gasteiger partial charge in [-0.1, -0.05) is 0 Å². The molecular weight excluding hydrogens is 244 g/mol. The maximum Gasteiger partial charge on any atom is 0.169 e. The van der Waals surface area contributed by atoms with Gasteiger partial charge in [0.25, 0.3) is 0 Å². The second-order valence-electron chi connectivity index (χ2n) is 4.75. The van der Waals surface area contributed by atoms with Gasteiger partial charge in [0.05, 0.1) is 13.5 Å². The van der Waals surface area contributed by atoms with Crippen LogP contribution in [-0.4, -0.2) is 32.4 Å². The van der Waals surface area contributed by atoms with Gasteiger partial charge >= 0.3 is 0 Å². The van der Waals surface area contributed by atoms with E-state index in [0.29, 0.717) is 17.8 Å². The molecule has 0 saturated carbocycles. The molecule has 102 valence electrons. The quantitative estimate of drug-likeness (QED) is 0.447. The van der Waals surface area contributed by atoms with E-state index in [1.165, 1.54) is 0 Å². The molecule has 1 aromatic carbocycles. The van der Waals surface area contributed by atoms with Crippen LogP contribution in [0.4, 0.5) is 0 Å². The van der Waals surface area contributed by atoms with Crippen LogP contribution in [0.2, 0.25) is 0 Å². The standard InChI is InChI=1S/C15H18O4/c1-18-15-3-2-12(14(17)4-6-16)9-13(15)8-11-5-7-19-10-11/h2-3,6,9,11H,4-5,7-8,10H2,1H3. The van der Waals surface area contributed by atoms with Crippen molar-refractivity contribution in [2.75, 3.05) is 20.3 Å². The SMILES string of the molecule is COc1ccc(C(=O)CC=O)cc1CC1CCOC1. The van der Waals surface area contributed by atoms with Gasteiger partial charge in [0.1, 0.15) is 12.0 Å². The highest BCUT2D eigenvalue weighted by Crippen LogP contribution is 2.26. The topological polar surface area (TPSA) is 52.6 Å². The molecule has 1 aliphatic heterocycles. The number of hydrogen-bond donors (Lipinski definition) is 0. The van der Waals surface area contributed by atoms with Crippen LogP contribution < -0.4 is 4.74 Å². The Hall–Kier alpha value is -1.68. The van der Waals surface area contributed by atoms with Gasteiger partial charge < -0.3 is 14.3 Å². The van der Waals surface area contributed by atoms with Crippen molar-refractivity contribution in [3.8, 4) is 5.75 Å². The van der Waals surface area contributed by atoms with Crippen LogP contribution in [-0.2, 0) is 16.0 Å². The van der Waals surface area contributed by atoms with Crippen LogP contribution in [0.1, 0.15) is 28.8 Å². The predicted molar refractivity (Wildman–Crippen MR) is 70.6 cm³/mol. The Kier molecular flexibility index (Phi) is 4.68. The number of aldehydes is 1. The minimum Gasteiger partial charge on any atom is -0.496 e. The summed E-state index contributed by atoms with van der Waals surface area (Å²) in [7, 11) is 1.62. The zero-order valence-electron chi connectivity index (χ0n) is 11.1. The van der Waals surface area contributed by atoms with E-state index >= 15 is 0 Å². The van der Waals surface area contributed by atoms with Crippen molar-refractivity contribution in [3.05, 3.63) is 29.3 Å². The van der Waals surface area contributed by atoms with E-state index in [0.717, 1.165) is 37.4 Å². The number of rotatable bonds is 6. The molecule has 2 rings (SSSR count). The highest BCUT2D eigenvalue weighted by atomic mass is 16.5. The number of ether oxygens (including phenoxy) is 2. The molecule has 19 heavy (non-hydrogen) atoms. The molecule has 0 bridgehead atoms. The van der Waals surface area contributed by atoms with Gasteiger partial charge in [-0.2, -0.15) is 0 Å². The summed E-state index contributed by atoms with van der Waals surface area (Å²) in [4.78, 5) is 22.2. The lowest BCUT2D eigenvalue weighted by molar-refractivity contribution is -0.107. The molecule has 4 heteroatoms. The number of ketones is 1. The molecule has 1 fully saturated rings. The van der Waals surface area contributed by atoms with Crippen molar-refractivity contribution in [1.82, 2.24) is 0 Å². The summed E-state index contributed by atoms with van der Waals surface area (Å²) in [5.41, 5.74) is 1.58. The van der Waals surface area contributed by atoms with Gasteiger partial charge in [0.2, 0.25) is 0 Å². The van der Waals surface area contributed by atoms with Crippen molar-refractivity contribution in [2.45, 2.75) is 19.3 Å². The van der Waals surface area contributed by atoms with E-state index in [9.17, 15) is 9.59 Å². The van der Waals surface area contributed by atoms with Crippen LogP contribution in [0.5, 0.6) is 5.75 Å². The Morgan fingerprint density at radius 2 is 2.37 bits per heavy atom. The van der Waals surface area contributed by atoms with Crippen molar-refractivity contribution in [3.63, 3.8) is 0 Å². The Balaban J connectivity index is 2.20. The van der Waals surface area contributed by atoms with Crippen molar-refractivity contribution >= 4 is 12.1 Å². The molecule has 1 aliphatic rings. The fourth-order valence-electron chi connectivity index (χ4n) is 2.36. The first-order chi connectivity index (χ1) is 9.24. The molecule has 0 aliphatic carbocycles. The van der Waals surface area contributed by atoms with E-state index < -0.39 is 0 Å². The van der Waals surface area contributed by atoms with Gasteiger partial charge in [-0.05, 0) is 42.5 Å². The first kappa shape index (κ1) is 13.7. The Morgan fingerprint density at radius 3 is 3.00 bits per heavy atom. The third kappa shape index (κ3) is 3.41. The largest absolute Gasteiger partial charge is 0.496 e. The summed E-state index contributed by atoms with van der Waals surface area (Å²) in [5, 5.41) is 0. The molecule has 1 unspecified atom stereocenters. The molecule has 1 atom stereocenters. The van der Waals surface area contributed by atoms with Crippen molar-refractivity contribution < 1.29 is 19.1 Å². The monoisotopic (exact) mass is 262 g/mol. The van der Waals surface area contributed by atoms with Gasteiger partial charge in [0, 0.05) is 18.8 Å². The molecule has 0 spiro atoms. The smallest absolute Gasteiger partial charge is 0.169 e. The van der Waals surface area contributed by atoms with E-state index in [-0.39, 0.29) is 12.2 Å². The van der Waals surface area contributed by atoms with E-state index in [2.05, 4.69) is 0 Å². The molecule has 1 heterocycles. The highest BCUT2D eigenvalue weighted by Gasteiger charge is 2.19. The first-order valence-corrected chi connectivity index (χ1v) is 6.46. The van der Waals surface area contributed by atoms with Crippen LogP contribution in [0.15, 0.2) is 18.2 Å². The molecule has 4 nitrogen and oxygen atoms in total. The zero-order chi connectivity index (χ0) is 13.7. The molecule has 0 amide bonds. The lowest BCUT2D eigenvalue weighted by Crippen LogP contribution is -2.07. The second-order valence-corrected chi connectivity index (χ2v) is 4.75. The number of methoxy groups -OCH3 is 1. The number of benzene rings is 1. The average molecular weight is 262 g/mol. The normalized spacial score (nSPS) is 18.3. The number of carbonyl (C=O) groups is 2. The second kappa shape index (κ2) is 6.48. The third-order valence-electron chi connectivity index (χ3n) is 3.40. The summed E-state index contributed by atoms with van der Waals surface area (Å²) >= 11 is 0. The lowest BCUT2D eigenvalue weighted by atomic mass is 9.95. The first-order valence-electron chi connectivity index (χ1n) is 6.46. The minimum atomic E-state index is -0.151. The Bertz CT molecular complexity index is 461. The Labute approximate surface area is 112 Å². The summed E-state index contributed by atoms with van der Waals surface area (Å²) in [6.07, 6.45) is 2.44. The summed E-state index contributed by atoms with van der Waals surface area (Å²) in [6.45, 7) is 1.56. The predicted octanol–water partition coefficient (Wildman–Crippen LogP) is 2.05. The molecule has 0 aromatic heterocycles. The number of Topliss-reactive ketones (excluding diaryl/α,β-unsaturated/α-hetero) is 1. The molecule has 1 aromatic rings. The van der Waals surface area contributed by atoms with Crippen LogP contribution >= 0.6 is 0 Å². The molecule has 1 saturated heterocycles. The summed E-state index contributed by atoms with van der Waals surface area (Å²) in [6, 6.07) is 5.34. The van der Waals surface area contributed by atoms with Crippen LogP contribution in [0.25, 0.3) is 0 Å². The Morgan fingerprint density at radius 1 is 1.53 bits per heavy atom. The fourth-order valence-corrected chi connectivity index (χ4v) is 2.36. The van der Waals surface area contributed by atoms with Crippen molar-refractivity contribution in [2.24, 2.45) is 5.92 Å². The van der Waals surface area contributed by atoms with Gasteiger partial charge in [-0.3, -0.25) is 4.79 Å². The van der Waals surface area contributed by atoms with E-state index in [4.69, 9.17) is 9.47 Å². The molecule has 0 radical (unpaired) electrons. The molecular formula is C15H18O4. The van der Waals surface area contributed by atoms with E-state index in [1.807, 2.05) is 6.07 Å². The summed E-state index contributed by atoms with van der Waals surface area (Å²) in [5.74, 6) is 1.11. The maximum absolute atomic E-state index is 11.7. The summed E-state index contributed by atoms with van der Waals surface area (Å²) < 4.78 is 10.7. The van der Waals surface area contributed by atoms with Crippen LogP contribution in [0, 0.1) is 5.92 Å². The van der Waals surface area contributed by atoms with E-state index in [1.54, 1.807) is 19.2 Å². The third-order valence-corrected chi connectivity index (χ3v) is 3.40. The van der Waals surface area contributed by atoms with Gasteiger partial charge in [-0.15, -0.1) is 0 Å².